The predicted octanol–water partition coefficient (Wildman–Crippen LogP) is 2.03. The van der Waals surface area contributed by atoms with Crippen LogP contribution in [0.15, 0.2) is 24.3 Å². The summed E-state index contributed by atoms with van der Waals surface area (Å²) in [6.45, 7) is 1.28. The largest absolute Gasteiger partial charge is 0.490 e. The minimum atomic E-state index is -0.382. The Bertz CT molecular complexity index is 383. The lowest BCUT2D eigenvalue weighted by molar-refractivity contribution is 0.0568. The molecule has 0 amide bonds. The molecular weight excluding hydrogens is 220 g/mol. The van der Waals surface area contributed by atoms with Crippen LogP contribution in [0.25, 0.3) is 0 Å². The first-order valence-electron chi connectivity index (χ1n) is 5.73. The Hall–Kier alpha value is -1.55. The minimum absolute atomic E-state index is 0.140. The van der Waals surface area contributed by atoms with Gasteiger partial charge in [0, 0.05) is 6.61 Å². The number of methoxy groups -OCH3 is 1. The van der Waals surface area contributed by atoms with Crippen molar-refractivity contribution in [1.29, 1.82) is 0 Å². The minimum Gasteiger partial charge on any atom is -0.490 e. The second-order valence-electron chi connectivity index (χ2n) is 3.93. The highest BCUT2D eigenvalue weighted by atomic mass is 16.5. The third kappa shape index (κ3) is 2.97. The highest BCUT2D eigenvalue weighted by molar-refractivity contribution is 5.92. The zero-order chi connectivity index (χ0) is 12.1. The van der Waals surface area contributed by atoms with Crippen LogP contribution in [0.3, 0.4) is 0 Å². The standard InChI is InChI=1S/C13H16O4/c1-15-13(14)11-6-2-3-7-12(11)17-9-10-5-4-8-16-10/h2-3,6-7,10H,4-5,8-9H2,1H3/t10-/m0/s1. The summed E-state index contributed by atoms with van der Waals surface area (Å²) in [5.74, 6) is 0.169. The Morgan fingerprint density at radius 2 is 2.29 bits per heavy atom. The van der Waals surface area contributed by atoms with Crippen molar-refractivity contribution in [3.05, 3.63) is 29.8 Å². The van der Waals surface area contributed by atoms with Crippen molar-refractivity contribution in [3.63, 3.8) is 0 Å². The van der Waals surface area contributed by atoms with Gasteiger partial charge in [-0.05, 0) is 25.0 Å². The molecule has 0 radical (unpaired) electrons. The number of carbonyl (C=O) groups is 1. The van der Waals surface area contributed by atoms with Gasteiger partial charge in [0.2, 0.25) is 0 Å². The fourth-order valence-corrected chi connectivity index (χ4v) is 1.83. The normalized spacial score (nSPS) is 19.0. The molecule has 0 bridgehead atoms. The van der Waals surface area contributed by atoms with E-state index in [9.17, 15) is 4.79 Å². The van der Waals surface area contributed by atoms with Crippen molar-refractivity contribution < 1.29 is 19.0 Å². The van der Waals surface area contributed by atoms with Crippen LogP contribution in [0.1, 0.15) is 23.2 Å². The number of hydrogen-bond donors (Lipinski definition) is 0. The molecule has 1 heterocycles. The summed E-state index contributed by atoms with van der Waals surface area (Å²) in [4.78, 5) is 11.5. The predicted molar refractivity (Wildman–Crippen MR) is 62.3 cm³/mol. The first-order valence-corrected chi connectivity index (χ1v) is 5.73. The summed E-state index contributed by atoms with van der Waals surface area (Å²) in [6, 6.07) is 7.07. The molecule has 2 rings (SSSR count). The molecular formula is C13H16O4. The maximum absolute atomic E-state index is 11.5. The molecule has 1 saturated heterocycles. The van der Waals surface area contributed by atoms with Crippen molar-refractivity contribution >= 4 is 5.97 Å². The van der Waals surface area contributed by atoms with Crippen LogP contribution in [-0.4, -0.2) is 32.4 Å². The fraction of sp³-hybridized carbons (Fsp3) is 0.462. The van der Waals surface area contributed by atoms with E-state index in [4.69, 9.17) is 14.2 Å². The van der Waals surface area contributed by atoms with Gasteiger partial charge in [0.25, 0.3) is 0 Å². The van der Waals surface area contributed by atoms with E-state index in [1.807, 2.05) is 6.07 Å². The summed E-state index contributed by atoms with van der Waals surface area (Å²) in [5, 5.41) is 0. The Labute approximate surface area is 100 Å². The quantitative estimate of drug-likeness (QED) is 0.750. The average molecular weight is 236 g/mol. The van der Waals surface area contributed by atoms with E-state index in [-0.39, 0.29) is 12.1 Å². The monoisotopic (exact) mass is 236 g/mol. The molecule has 1 atom stereocenters. The van der Waals surface area contributed by atoms with E-state index in [0.29, 0.717) is 17.9 Å². The van der Waals surface area contributed by atoms with Gasteiger partial charge in [-0.2, -0.15) is 0 Å². The van der Waals surface area contributed by atoms with Gasteiger partial charge in [0.15, 0.2) is 0 Å². The second kappa shape index (κ2) is 5.68. The van der Waals surface area contributed by atoms with Crippen LogP contribution in [0.4, 0.5) is 0 Å². The molecule has 92 valence electrons. The first kappa shape index (κ1) is 11.9. The second-order valence-corrected chi connectivity index (χ2v) is 3.93. The van der Waals surface area contributed by atoms with E-state index >= 15 is 0 Å². The number of benzene rings is 1. The summed E-state index contributed by atoms with van der Waals surface area (Å²) in [5.41, 5.74) is 0.452. The van der Waals surface area contributed by atoms with E-state index in [1.54, 1.807) is 18.2 Å². The summed E-state index contributed by atoms with van der Waals surface area (Å²) < 4.78 is 15.8. The molecule has 0 spiro atoms. The lowest BCUT2D eigenvalue weighted by Crippen LogP contribution is -2.17. The summed E-state index contributed by atoms with van der Waals surface area (Å²) >= 11 is 0. The zero-order valence-corrected chi connectivity index (χ0v) is 9.85. The van der Waals surface area contributed by atoms with Gasteiger partial charge in [-0.25, -0.2) is 4.79 Å². The van der Waals surface area contributed by atoms with E-state index in [1.165, 1.54) is 7.11 Å². The molecule has 0 N–H and O–H groups in total. The average Bonchev–Trinajstić information content (AvgIpc) is 2.89. The topological polar surface area (TPSA) is 44.8 Å². The highest BCUT2D eigenvalue weighted by Gasteiger charge is 2.18. The SMILES string of the molecule is COC(=O)c1ccccc1OC[C@@H]1CCCO1. The Kier molecular flexibility index (Phi) is 3.98. The van der Waals surface area contributed by atoms with E-state index in [0.717, 1.165) is 19.4 Å². The van der Waals surface area contributed by atoms with Gasteiger partial charge in [0.05, 0.1) is 13.2 Å². The maximum Gasteiger partial charge on any atom is 0.341 e. The smallest absolute Gasteiger partial charge is 0.341 e. The van der Waals surface area contributed by atoms with Crippen molar-refractivity contribution in [1.82, 2.24) is 0 Å². The van der Waals surface area contributed by atoms with Crippen LogP contribution in [0.2, 0.25) is 0 Å². The summed E-state index contributed by atoms with van der Waals surface area (Å²) in [7, 11) is 1.36. The van der Waals surface area contributed by atoms with Gasteiger partial charge in [-0.15, -0.1) is 0 Å². The third-order valence-electron chi connectivity index (χ3n) is 2.74. The Morgan fingerprint density at radius 3 is 3.00 bits per heavy atom. The molecule has 1 fully saturated rings. The molecule has 4 nitrogen and oxygen atoms in total. The lowest BCUT2D eigenvalue weighted by Gasteiger charge is -2.13. The van der Waals surface area contributed by atoms with Crippen LogP contribution in [0, 0.1) is 0 Å². The van der Waals surface area contributed by atoms with Crippen molar-refractivity contribution in [2.45, 2.75) is 18.9 Å². The van der Waals surface area contributed by atoms with Crippen LogP contribution in [0.5, 0.6) is 5.75 Å². The molecule has 1 aliphatic rings. The number of carbonyl (C=O) groups excluding carboxylic acids is 1. The maximum atomic E-state index is 11.5. The molecule has 0 aliphatic carbocycles. The van der Waals surface area contributed by atoms with E-state index < -0.39 is 0 Å². The highest BCUT2D eigenvalue weighted by Crippen LogP contribution is 2.20. The molecule has 17 heavy (non-hydrogen) atoms. The molecule has 0 saturated carbocycles. The van der Waals surface area contributed by atoms with Crippen LogP contribution in [-0.2, 0) is 9.47 Å². The third-order valence-corrected chi connectivity index (χ3v) is 2.74. The van der Waals surface area contributed by atoms with Gasteiger partial charge in [0.1, 0.15) is 17.9 Å². The molecule has 1 aromatic carbocycles. The number of ether oxygens (including phenoxy) is 3. The van der Waals surface area contributed by atoms with Crippen molar-refractivity contribution in [3.8, 4) is 5.75 Å². The molecule has 0 aromatic heterocycles. The molecule has 1 aliphatic heterocycles. The summed E-state index contributed by atoms with van der Waals surface area (Å²) in [6.07, 6.45) is 2.23. The number of esters is 1. The van der Waals surface area contributed by atoms with Crippen LogP contribution < -0.4 is 4.74 Å². The molecule has 0 unspecified atom stereocenters. The van der Waals surface area contributed by atoms with E-state index in [2.05, 4.69) is 0 Å². The van der Waals surface area contributed by atoms with Crippen molar-refractivity contribution in [2.24, 2.45) is 0 Å². The number of rotatable bonds is 4. The zero-order valence-electron chi connectivity index (χ0n) is 9.85. The van der Waals surface area contributed by atoms with Gasteiger partial charge in [-0.1, -0.05) is 12.1 Å². The van der Waals surface area contributed by atoms with Crippen molar-refractivity contribution in [2.75, 3.05) is 20.3 Å². The van der Waals surface area contributed by atoms with Gasteiger partial charge >= 0.3 is 5.97 Å². The number of para-hydroxylation sites is 1. The van der Waals surface area contributed by atoms with Crippen LogP contribution >= 0.6 is 0 Å². The molecule has 1 aromatic rings. The van der Waals surface area contributed by atoms with Gasteiger partial charge in [-0.3, -0.25) is 0 Å². The molecule has 4 heteroatoms. The fourth-order valence-electron chi connectivity index (χ4n) is 1.83. The Morgan fingerprint density at radius 1 is 1.47 bits per heavy atom. The first-order chi connectivity index (χ1) is 8.31. The lowest BCUT2D eigenvalue weighted by atomic mass is 10.2. The number of hydrogen-bond acceptors (Lipinski definition) is 4. The Balaban J connectivity index is 2.01. The van der Waals surface area contributed by atoms with Gasteiger partial charge < -0.3 is 14.2 Å².